The summed E-state index contributed by atoms with van der Waals surface area (Å²) in [5, 5.41) is 3.48. The Morgan fingerprint density at radius 3 is 1.21 bits per heavy atom. The average molecular weight is 402 g/mol. The van der Waals surface area contributed by atoms with E-state index in [0.29, 0.717) is 0 Å². The number of hydrogen-bond acceptors (Lipinski definition) is 3. The molecule has 1 fully saturated rings. The van der Waals surface area contributed by atoms with Crippen molar-refractivity contribution >= 4 is 31.2 Å². The lowest BCUT2D eigenvalue weighted by Crippen LogP contribution is -2.71. The highest BCUT2D eigenvalue weighted by Gasteiger charge is 2.57. The van der Waals surface area contributed by atoms with Crippen LogP contribution in [0, 0.1) is 0 Å². The third-order valence-electron chi connectivity index (χ3n) is 6.05. The summed E-state index contributed by atoms with van der Waals surface area (Å²) in [7, 11) is -3.61. The molecule has 3 nitrogen and oxygen atoms in total. The molecule has 5 heteroatoms. The van der Waals surface area contributed by atoms with Crippen molar-refractivity contribution in [3.63, 3.8) is 0 Å². The van der Waals surface area contributed by atoms with E-state index in [9.17, 15) is 0 Å². The Morgan fingerprint density at radius 2 is 0.897 bits per heavy atom. The molecule has 1 heterocycles. The molecule has 1 aliphatic heterocycles. The number of hydrogen-bond donors (Lipinski definition) is 0. The van der Waals surface area contributed by atoms with Gasteiger partial charge in [0.05, 0.1) is 11.2 Å². The molecule has 0 unspecified atom stereocenters. The summed E-state index contributed by atoms with van der Waals surface area (Å²) in [5.74, 6) is 0. The molecule has 29 heavy (non-hydrogen) atoms. The minimum Gasteiger partial charge on any atom is -0.417 e. The molecule has 0 atom stereocenters. The first kappa shape index (κ1) is 20.1. The largest absolute Gasteiger partial charge is 0.630 e. The quantitative estimate of drug-likeness (QED) is 0.484. The van der Waals surface area contributed by atoms with Crippen LogP contribution < -0.4 is 15.6 Å². The van der Waals surface area contributed by atoms with Gasteiger partial charge < -0.3 is 13.7 Å². The zero-order valence-electron chi connectivity index (χ0n) is 17.5. The van der Waals surface area contributed by atoms with E-state index in [2.05, 4.69) is 72.8 Å². The van der Waals surface area contributed by atoms with Crippen molar-refractivity contribution in [3.05, 3.63) is 91.0 Å². The smallest absolute Gasteiger partial charge is 0.417 e. The molecule has 0 saturated carbocycles. The normalized spacial score (nSPS) is 18.0. The number of benzene rings is 3. The van der Waals surface area contributed by atoms with Crippen molar-refractivity contribution in [2.75, 3.05) is 0 Å². The van der Waals surface area contributed by atoms with Gasteiger partial charge >= 0.3 is 7.32 Å². The minimum atomic E-state index is -2.86. The van der Waals surface area contributed by atoms with Crippen molar-refractivity contribution < 1.29 is 13.7 Å². The van der Waals surface area contributed by atoms with Crippen LogP contribution in [0.4, 0.5) is 0 Å². The molecule has 148 valence electrons. The first-order valence-electron chi connectivity index (χ1n) is 10.1. The molecule has 0 amide bonds. The van der Waals surface area contributed by atoms with Gasteiger partial charge in [0, 0.05) is 0 Å². The van der Waals surface area contributed by atoms with Gasteiger partial charge in [-0.15, -0.1) is 0 Å². The topological polar surface area (TPSA) is 27.7 Å². The molecule has 3 aromatic carbocycles. The van der Waals surface area contributed by atoms with Crippen LogP contribution in [0.5, 0.6) is 0 Å². The van der Waals surface area contributed by atoms with E-state index >= 15 is 0 Å². The van der Waals surface area contributed by atoms with Crippen molar-refractivity contribution in [1.29, 1.82) is 0 Å². The van der Waals surface area contributed by atoms with Gasteiger partial charge in [0.15, 0.2) is 0 Å². The summed E-state index contributed by atoms with van der Waals surface area (Å²) >= 11 is 0. The van der Waals surface area contributed by atoms with Crippen LogP contribution in [0.25, 0.3) is 0 Å². The van der Waals surface area contributed by atoms with Gasteiger partial charge in [-0.1, -0.05) is 91.0 Å². The molecule has 0 radical (unpaired) electrons. The first-order valence-corrected chi connectivity index (χ1v) is 12.0. The van der Waals surface area contributed by atoms with E-state index in [1.807, 2.05) is 45.9 Å². The second-order valence-corrected chi connectivity index (χ2v) is 11.8. The van der Waals surface area contributed by atoms with Crippen LogP contribution in [0.2, 0.25) is 0 Å². The second-order valence-electron chi connectivity index (χ2n) is 8.44. The third-order valence-corrected chi connectivity index (χ3v) is 10.0. The lowest BCUT2D eigenvalue weighted by Gasteiger charge is -2.34. The van der Waals surface area contributed by atoms with Crippen molar-refractivity contribution in [1.82, 2.24) is 0 Å². The fourth-order valence-electron chi connectivity index (χ4n) is 3.70. The first-order chi connectivity index (χ1) is 13.9. The van der Waals surface area contributed by atoms with Gasteiger partial charge in [0.1, 0.15) is 0 Å². The summed E-state index contributed by atoms with van der Waals surface area (Å²) < 4.78 is 19.5. The predicted octanol–water partition coefficient (Wildman–Crippen LogP) is 3.26. The lowest BCUT2D eigenvalue weighted by atomic mass is 9.90. The van der Waals surface area contributed by atoms with Crippen molar-refractivity contribution in [2.45, 2.75) is 38.9 Å². The van der Waals surface area contributed by atoms with Crippen molar-refractivity contribution in [3.8, 4) is 0 Å². The SMILES string of the molecule is CC1(C)OB(O[Si](c2ccccc2)(c2ccccc2)c2ccccc2)OC1(C)C. The van der Waals surface area contributed by atoms with E-state index in [1.165, 1.54) is 0 Å². The van der Waals surface area contributed by atoms with E-state index < -0.39 is 26.8 Å². The molecular formula is C24H27BO3Si. The molecule has 0 spiro atoms. The lowest BCUT2D eigenvalue weighted by molar-refractivity contribution is 0.00578. The van der Waals surface area contributed by atoms with Crippen LogP contribution in [0.3, 0.4) is 0 Å². The van der Waals surface area contributed by atoms with Crippen LogP contribution >= 0.6 is 0 Å². The average Bonchev–Trinajstić information content (AvgIpc) is 2.94. The monoisotopic (exact) mass is 402 g/mol. The number of rotatable bonds is 5. The van der Waals surface area contributed by atoms with Gasteiger partial charge in [-0.3, -0.25) is 0 Å². The Kier molecular flexibility index (Phi) is 5.25. The van der Waals surface area contributed by atoms with E-state index in [0.717, 1.165) is 15.6 Å². The Balaban J connectivity index is 1.89. The van der Waals surface area contributed by atoms with Gasteiger partial charge in [0.2, 0.25) is 0 Å². The van der Waals surface area contributed by atoms with Crippen LogP contribution in [0.15, 0.2) is 91.0 Å². The fourth-order valence-corrected chi connectivity index (χ4v) is 7.48. The molecule has 1 aliphatic rings. The summed E-state index contributed by atoms with van der Waals surface area (Å²) in [4.78, 5) is 0. The van der Waals surface area contributed by atoms with Gasteiger partial charge in [0.25, 0.3) is 8.32 Å². The van der Waals surface area contributed by atoms with Gasteiger partial charge in [-0.2, -0.15) is 0 Å². The van der Waals surface area contributed by atoms with E-state index in [1.54, 1.807) is 0 Å². The summed E-state index contributed by atoms with van der Waals surface area (Å²) in [5.41, 5.74) is -0.913. The maximum Gasteiger partial charge on any atom is 0.630 e. The van der Waals surface area contributed by atoms with E-state index in [-0.39, 0.29) is 0 Å². The van der Waals surface area contributed by atoms with Crippen LogP contribution in [-0.4, -0.2) is 26.8 Å². The van der Waals surface area contributed by atoms with Crippen LogP contribution in [0.1, 0.15) is 27.7 Å². The second kappa shape index (κ2) is 7.58. The summed E-state index contributed by atoms with van der Waals surface area (Å²) in [6, 6.07) is 31.4. The zero-order chi connectivity index (χ0) is 20.5. The van der Waals surface area contributed by atoms with E-state index in [4.69, 9.17) is 13.7 Å². The highest BCUT2D eigenvalue weighted by Crippen LogP contribution is 2.37. The summed E-state index contributed by atoms with van der Waals surface area (Å²) in [6.07, 6.45) is 0. The molecule has 0 aliphatic carbocycles. The highest BCUT2D eigenvalue weighted by molar-refractivity contribution is 7.09. The zero-order valence-corrected chi connectivity index (χ0v) is 18.5. The summed E-state index contributed by atoms with van der Waals surface area (Å²) in [6.45, 7) is 8.20. The Labute approximate surface area is 175 Å². The van der Waals surface area contributed by atoms with Crippen LogP contribution in [-0.2, 0) is 13.7 Å². The molecule has 0 bridgehead atoms. The fraction of sp³-hybridized carbons (Fsp3) is 0.250. The molecule has 4 rings (SSSR count). The maximum atomic E-state index is 6.92. The molecular weight excluding hydrogens is 375 g/mol. The minimum absolute atomic E-state index is 0.456. The molecule has 3 aromatic rings. The molecule has 0 aromatic heterocycles. The standard InChI is InChI=1S/C24H27BO3Si/c1-23(2)24(3,4)27-25(26-23)28-29(20-14-8-5-9-15-20,21-16-10-6-11-17-21)22-18-12-7-13-19-22/h5-19H,1-4H3. The Bertz CT molecular complexity index is 833. The molecule has 1 saturated heterocycles. The molecule has 0 N–H and O–H groups in total. The Morgan fingerprint density at radius 1 is 0.586 bits per heavy atom. The van der Waals surface area contributed by atoms with Gasteiger partial charge in [-0.25, -0.2) is 0 Å². The predicted molar refractivity (Wildman–Crippen MR) is 121 cm³/mol. The van der Waals surface area contributed by atoms with Crippen molar-refractivity contribution in [2.24, 2.45) is 0 Å². The third kappa shape index (κ3) is 3.60. The Hall–Kier alpha value is -2.18. The maximum absolute atomic E-state index is 6.92. The highest BCUT2D eigenvalue weighted by atomic mass is 28.4. The van der Waals surface area contributed by atoms with Gasteiger partial charge in [-0.05, 0) is 43.3 Å².